The minimum absolute atomic E-state index is 0.0734. The largest absolute Gasteiger partial charge is 0.497 e. The molecule has 1 aliphatic heterocycles. The summed E-state index contributed by atoms with van der Waals surface area (Å²) in [6.07, 6.45) is 0.634. The van der Waals surface area contributed by atoms with E-state index in [0.717, 1.165) is 17.1 Å². The van der Waals surface area contributed by atoms with Crippen LogP contribution in [0, 0.1) is 0 Å². The third kappa shape index (κ3) is 3.13. The molecule has 0 aromatic heterocycles. The molecule has 0 bridgehead atoms. The first kappa shape index (κ1) is 14.0. The van der Waals surface area contributed by atoms with E-state index in [-0.39, 0.29) is 5.37 Å². The lowest BCUT2D eigenvalue weighted by atomic mass is 10.1. The third-order valence-corrected chi connectivity index (χ3v) is 4.26. The first-order valence-electron chi connectivity index (χ1n) is 5.98. The number of ether oxygens (including phenoxy) is 2. The molecule has 1 aliphatic rings. The molecule has 0 saturated carbocycles. The zero-order chi connectivity index (χ0) is 13.8. The molecule has 0 amide bonds. The molecule has 1 fully saturated rings. The minimum Gasteiger partial charge on any atom is -0.497 e. The van der Waals surface area contributed by atoms with Crippen molar-refractivity contribution in [1.29, 1.82) is 0 Å². The SMILES string of the molecule is COc1ccc(C2NC(C(=O)O)CCS2)c(OC)c1. The van der Waals surface area contributed by atoms with Gasteiger partial charge in [0, 0.05) is 11.6 Å². The molecule has 0 spiro atoms. The second-order valence-corrected chi connectivity index (χ2v) is 5.42. The van der Waals surface area contributed by atoms with Crippen molar-refractivity contribution in [3.63, 3.8) is 0 Å². The molecule has 1 aromatic rings. The van der Waals surface area contributed by atoms with Gasteiger partial charge >= 0.3 is 5.97 Å². The maximum Gasteiger partial charge on any atom is 0.320 e. The number of hydrogen-bond donors (Lipinski definition) is 2. The van der Waals surface area contributed by atoms with Crippen molar-refractivity contribution in [2.24, 2.45) is 0 Å². The predicted molar refractivity (Wildman–Crippen MR) is 73.9 cm³/mol. The normalized spacial score (nSPS) is 22.8. The summed E-state index contributed by atoms with van der Waals surface area (Å²) >= 11 is 1.69. The molecule has 1 heterocycles. The zero-order valence-corrected chi connectivity index (χ0v) is 11.7. The smallest absolute Gasteiger partial charge is 0.320 e. The maximum atomic E-state index is 11.1. The van der Waals surface area contributed by atoms with E-state index in [1.807, 2.05) is 18.2 Å². The Balaban J connectivity index is 2.23. The topological polar surface area (TPSA) is 67.8 Å². The molecule has 1 aromatic carbocycles. The highest BCUT2D eigenvalue weighted by Gasteiger charge is 2.29. The predicted octanol–water partition coefficient (Wildman–Crippen LogP) is 1.88. The Bertz CT molecular complexity index is 466. The standard InChI is InChI=1S/C13H17NO4S/c1-17-8-3-4-9(11(7-8)18-2)12-14-10(13(15)16)5-6-19-12/h3-4,7,10,12,14H,5-6H2,1-2H3,(H,15,16). The second-order valence-electron chi connectivity index (χ2n) is 4.20. The van der Waals surface area contributed by atoms with Crippen LogP contribution in [-0.4, -0.2) is 37.1 Å². The summed E-state index contributed by atoms with van der Waals surface area (Å²) in [5, 5.41) is 12.1. The number of aliphatic carboxylic acids is 1. The van der Waals surface area contributed by atoms with Crippen LogP contribution in [0.2, 0.25) is 0 Å². The van der Waals surface area contributed by atoms with E-state index in [1.165, 1.54) is 0 Å². The number of carboxylic acids is 1. The summed E-state index contributed by atoms with van der Waals surface area (Å²) in [5.74, 6) is 1.42. The van der Waals surface area contributed by atoms with E-state index in [0.29, 0.717) is 12.2 Å². The van der Waals surface area contributed by atoms with E-state index in [9.17, 15) is 4.79 Å². The molecular weight excluding hydrogens is 266 g/mol. The highest BCUT2D eigenvalue weighted by Crippen LogP contribution is 2.38. The first-order valence-corrected chi connectivity index (χ1v) is 7.03. The molecule has 0 radical (unpaired) electrons. The Morgan fingerprint density at radius 2 is 2.21 bits per heavy atom. The van der Waals surface area contributed by atoms with Crippen molar-refractivity contribution in [1.82, 2.24) is 5.32 Å². The van der Waals surface area contributed by atoms with Crippen LogP contribution in [0.4, 0.5) is 0 Å². The molecule has 2 unspecified atom stereocenters. The average molecular weight is 283 g/mol. The van der Waals surface area contributed by atoms with Gasteiger partial charge in [-0.15, -0.1) is 11.8 Å². The second kappa shape index (κ2) is 6.16. The summed E-state index contributed by atoms with van der Waals surface area (Å²) in [6, 6.07) is 5.07. The molecule has 0 aliphatic carbocycles. The van der Waals surface area contributed by atoms with Gasteiger partial charge < -0.3 is 14.6 Å². The van der Waals surface area contributed by atoms with Gasteiger partial charge in [0.2, 0.25) is 0 Å². The lowest BCUT2D eigenvalue weighted by Gasteiger charge is -2.29. The molecule has 6 heteroatoms. The van der Waals surface area contributed by atoms with Gasteiger partial charge in [-0.25, -0.2) is 0 Å². The number of rotatable bonds is 4. The molecule has 2 atom stereocenters. The van der Waals surface area contributed by atoms with Gasteiger partial charge in [0.25, 0.3) is 0 Å². The van der Waals surface area contributed by atoms with Crippen molar-refractivity contribution in [2.75, 3.05) is 20.0 Å². The van der Waals surface area contributed by atoms with Crippen molar-refractivity contribution >= 4 is 17.7 Å². The summed E-state index contributed by atoms with van der Waals surface area (Å²) in [4.78, 5) is 11.1. The fraction of sp³-hybridized carbons (Fsp3) is 0.462. The molecule has 2 N–H and O–H groups in total. The van der Waals surface area contributed by atoms with Crippen molar-refractivity contribution in [3.8, 4) is 11.5 Å². The molecular formula is C13H17NO4S. The number of thioether (sulfide) groups is 1. The van der Waals surface area contributed by atoms with E-state index >= 15 is 0 Å². The van der Waals surface area contributed by atoms with Crippen molar-refractivity contribution < 1.29 is 19.4 Å². The maximum absolute atomic E-state index is 11.1. The Labute approximate surface area is 116 Å². The Kier molecular flexibility index (Phi) is 4.55. The van der Waals surface area contributed by atoms with E-state index in [4.69, 9.17) is 14.6 Å². The lowest BCUT2D eigenvalue weighted by Crippen LogP contribution is -2.41. The fourth-order valence-corrected chi connectivity index (χ4v) is 3.27. The fourth-order valence-electron chi connectivity index (χ4n) is 2.03. The third-order valence-electron chi connectivity index (χ3n) is 3.06. The van der Waals surface area contributed by atoms with Crippen LogP contribution in [-0.2, 0) is 4.79 Å². The first-order chi connectivity index (χ1) is 9.15. The van der Waals surface area contributed by atoms with Gasteiger partial charge in [-0.05, 0) is 24.3 Å². The highest BCUT2D eigenvalue weighted by atomic mass is 32.2. The summed E-state index contributed by atoms with van der Waals surface area (Å²) < 4.78 is 10.5. The van der Waals surface area contributed by atoms with Crippen LogP contribution < -0.4 is 14.8 Å². The van der Waals surface area contributed by atoms with Crippen LogP contribution in [0.25, 0.3) is 0 Å². The summed E-state index contributed by atoms with van der Waals surface area (Å²) in [5.41, 5.74) is 0.944. The van der Waals surface area contributed by atoms with E-state index in [1.54, 1.807) is 26.0 Å². The summed E-state index contributed by atoms with van der Waals surface area (Å²) in [7, 11) is 3.20. The number of benzene rings is 1. The highest BCUT2D eigenvalue weighted by molar-refractivity contribution is 7.99. The lowest BCUT2D eigenvalue weighted by molar-refractivity contribution is -0.139. The Morgan fingerprint density at radius 3 is 2.84 bits per heavy atom. The number of carbonyl (C=O) groups is 1. The van der Waals surface area contributed by atoms with Crippen molar-refractivity contribution in [3.05, 3.63) is 23.8 Å². The zero-order valence-electron chi connectivity index (χ0n) is 10.9. The van der Waals surface area contributed by atoms with Crippen LogP contribution in [0.3, 0.4) is 0 Å². The van der Waals surface area contributed by atoms with Gasteiger partial charge in [0.15, 0.2) is 0 Å². The van der Waals surface area contributed by atoms with E-state index < -0.39 is 12.0 Å². The Morgan fingerprint density at radius 1 is 1.42 bits per heavy atom. The number of hydrogen-bond acceptors (Lipinski definition) is 5. The molecule has 5 nitrogen and oxygen atoms in total. The number of methoxy groups -OCH3 is 2. The van der Waals surface area contributed by atoms with Crippen LogP contribution >= 0.6 is 11.8 Å². The quantitative estimate of drug-likeness (QED) is 0.879. The number of carboxylic acid groups (broad SMARTS) is 1. The van der Waals surface area contributed by atoms with Crippen molar-refractivity contribution in [2.45, 2.75) is 17.8 Å². The van der Waals surface area contributed by atoms with Gasteiger partial charge in [0.1, 0.15) is 17.5 Å². The Hall–Kier alpha value is -1.40. The average Bonchev–Trinajstić information content (AvgIpc) is 2.46. The molecule has 1 saturated heterocycles. The van der Waals surface area contributed by atoms with Crippen LogP contribution in [0.1, 0.15) is 17.4 Å². The molecule has 104 valence electrons. The van der Waals surface area contributed by atoms with Crippen LogP contribution in [0.15, 0.2) is 18.2 Å². The van der Waals surface area contributed by atoms with Crippen LogP contribution in [0.5, 0.6) is 11.5 Å². The van der Waals surface area contributed by atoms with Gasteiger partial charge in [-0.2, -0.15) is 0 Å². The minimum atomic E-state index is -0.808. The van der Waals surface area contributed by atoms with E-state index in [2.05, 4.69) is 5.32 Å². The molecule has 2 rings (SSSR count). The van der Waals surface area contributed by atoms with Gasteiger partial charge in [0.05, 0.1) is 19.6 Å². The summed E-state index contributed by atoms with van der Waals surface area (Å²) in [6.45, 7) is 0. The molecule has 19 heavy (non-hydrogen) atoms. The van der Waals surface area contributed by atoms with Gasteiger partial charge in [-0.3, -0.25) is 10.1 Å². The monoisotopic (exact) mass is 283 g/mol. The number of nitrogens with one attached hydrogen (secondary N) is 1. The van der Waals surface area contributed by atoms with Gasteiger partial charge in [-0.1, -0.05) is 0 Å².